The molecule has 6 nitrogen and oxygen atoms in total. The van der Waals surface area contributed by atoms with E-state index < -0.39 is 17.6 Å². The van der Waals surface area contributed by atoms with E-state index in [9.17, 15) is 18.0 Å². The zero-order valence-corrected chi connectivity index (χ0v) is 19.4. The normalized spacial score (nSPS) is 11.3. The predicted molar refractivity (Wildman–Crippen MR) is 128 cm³/mol. The molecule has 1 heterocycles. The van der Waals surface area contributed by atoms with E-state index >= 15 is 0 Å². The number of carbonyl (C=O) groups excluding carboxylic acids is 1. The molecule has 3 aromatic carbocycles. The second-order valence-corrected chi connectivity index (χ2v) is 8.42. The predicted octanol–water partition coefficient (Wildman–Crippen LogP) is 5.62. The summed E-state index contributed by atoms with van der Waals surface area (Å²) >= 11 is 1.09. The van der Waals surface area contributed by atoms with Crippen molar-refractivity contribution >= 4 is 23.4 Å². The van der Waals surface area contributed by atoms with E-state index in [-0.39, 0.29) is 11.4 Å². The molecule has 0 spiro atoms. The van der Waals surface area contributed by atoms with Crippen molar-refractivity contribution in [1.82, 2.24) is 14.8 Å². The molecule has 10 heteroatoms. The fourth-order valence-electron chi connectivity index (χ4n) is 3.43. The molecule has 0 radical (unpaired) electrons. The van der Waals surface area contributed by atoms with Gasteiger partial charge in [0.15, 0.2) is 5.16 Å². The van der Waals surface area contributed by atoms with Gasteiger partial charge in [-0.25, -0.2) is 0 Å². The molecule has 4 rings (SSSR count). The second kappa shape index (κ2) is 10.6. The maximum Gasteiger partial charge on any atom is 0.418 e. The molecule has 1 amide bonds. The molecule has 4 aromatic rings. The minimum absolute atomic E-state index is 0.147. The Kier molecular flexibility index (Phi) is 7.40. The molecule has 0 saturated heterocycles. The number of carbonyl (C=O) groups is 1. The number of hydrogen-bond acceptors (Lipinski definition) is 5. The van der Waals surface area contributed by atoms with Crippen LogP contribution >= 0.6 is 11.8 Å². The van der Waals surface area contributed by atoms with Crippen molar-refractivity contribution in [3.63, 3.8) is 0 Å². The van der Waals surface area contributed by atoms with Crippen molar-refractivity contribution in [3.8, 4) is 11.4 Å². The summed E-state index contributed by atoms with van der Waals surface area (Å²) < 4.78 is 46.8. The van der Waals surface area contributed by atoms with Gasteiger partial charge in [0.25, 0.3) is 0 Å². The van der Waals surface area contributed by atoms with Gasteiger partial charge in [0.1, 0.15) is 11.6 Å². The van der Waals surface area contributed by atoms with Crippen LogP contribution in [0.5, 0.6) is 5.75 Å². The number of rotatable bonds is 8. The Balaban J connectivity index is 1.56. The van der Waals surface area contributed by atoms with Crippen LogP contribution in [0.1, 0.15) is 17.0 Å². The maximum absolute atomic E-state index is 13.2. The van der Waals surface area contributed by atoms with Crippen LogP contribution in [0.15, 0.2) is 84.0 Å². The van der Waals surface area contributed by atoms with E-state index in [1.54, 1.807) is 19.2 Å². The summed E-state index contributed by atoms with van der Waals surface area (Å²) in [7, 11) is 1.57. The molecule has 180 valence electrons. The summed E-state index contributed by atoms with van der Waals surface area (Å²) in [5, 5.41) is 11.4. The van der Waals surface area contributed by atoms with Gasteiger partial charge >= 0.3 is 6.18 Å². The summed E-state index contributed by atoms with van der Waals surface area (Å²) in [5.41, 5.74) is 0.622. The van der Waals surface area contributed by atoms with Gasteiger partial charge in [-0.3, -0.25) is 9.36 Å². The Morgan fingerprint density at radius 1 is 0.971 bits per heavy atom. The molecule has 0 aliphatic carbocycles. The standard InChI is InChI=1S/C25H21F3N4O2S/c1-34-19-13-11-18(12-14-19)32-22(15-17-7-3-2-4-8-17)30-31-24(32)35-16-23(33)29-21-10-6-5-9-20(21)25(26,27)28/h2-14H,15-16H2,1H3,(H,29,33). The third-order valence-electron chi connectivity index (χ3n) is 5.07. The van der Waals surface area contributed by atoms with Crippen molar-refractivity contribution in [2.45, 2.75) is 17.8 Å². The largest absolute Gasteiger partial charge is 0.497 e. The summed E-state index contributed by atoms with van der Waals surface area (Å²) in [6.07, 6.45) is -4.07. The highest BCUT2D eigenvalue weighted by Crippen LogP contribution is 2.34. The number of amides is 1. The number of ether oxygens (including phenoxy) is 1. The number of nitrogens with zero attached hydrogens (tertiary/aromatic N) is 3. The molecule has 0 aliphatic heterocycles. The molecule has 0 saturated carbocycles. The highest BCUT2D eigenvalue weighted by Gasteiger charge is 2.33. The van der Waals surface area contributed by atoms with Crippen LogP contribution < -0.4 is 10.1 Å². The number of benzene rings is 3. The van der Waals surface area contributed by atoms with E-state index in [0.717, 1.165) is 29.1 Å². The Bertz CT molecular complexity index is 1290. The Labute approximate surface area is 204 Å². The first-order chi connectivity index (χ1) is 16.8. The lowest BCUT2D eigenvalue weighted by Gasteiger charge is -2.14. The molecule has 1 aromatic heterocycles. The van der Waals surface area contributed by atoms with Crippen LogP contribution in [0.4, 0.5) is 18.9 Å². The average Bonchev–Trinajstić information content (AvgIpc) is 3.25. The van der Waals surface area contributed by atoms with Gasteiger partial charge in [0.05, 0.1) is 24.1 Å². The first-order valence-corrected chi connectivity index (χ1v) is 11.5. The third kappa shape index (κ3) is 6.02. The van der Waals surface area contributed by atoms with E-state index in [1.807, 2.05) is 47.0 Å². The van der Waals surface area contributed by atoms with Gasteiger partial charge in [-0.05, 0) is 42.0 Å². The van der Waals surface area contributed by atoms with Crippen molar-refractivity contribution in [2.24, 2.45) is 0 Å². The first-order valence-electron chi connectivity index (χ1n) is 10.6. The van der Waals surface area contributed by atoms with Crippen LogP contribution in [0, 0.1) is 0 Å². The number of aromatic nitrogens is 3. The van der Waals surface area contributed by atoms with E-state index in [4.69, 9.17) is 4.74 Å². The summed E-state index contributed by atoms with van der Waals surface area (Å²) in [5.74, 6) is 0.613. The van der Waals surface area contributed by atoms with Crippen molar-refractivity contribution in [2.75, 3.05) is 18.2 Å². The number of anilines is 1. The zero-order valence-electron chi connectivity index (χ0n) is 18.6. The van der Waals surface area contributed by atoms with E-state index in [0.29, 0.717) is 23.2 Å². The fraction of sp³-hybridized carbons (Fsp3) is 0.160. The molecule has 0 bridgehead atoms. The smallest absolute Gasteiger partial charge is 0.418 e. The maximum atomic E-state index is 13.2. The van der Waals surface area contributed by atoms with E-state index in [2.05, 4.69) is 15.5 Å². The first kappa shape index (κ1) is 24.3. The number of hydrogen-bond donors (Lipinski definition) is 1. The number of para-hydroxylation sites is 1. The monoisotopic (exact) mass is 498 g/mol. The van der Waals surface area contributed by atoms with E-state index in [1.165, 1.54) is 18.2 Å². The van der Waals surface area contributed by atoms with Crippen LogP contribution in [0.3, 0.4) is 0 Å². The summed E-state index contributed by atoms with van der Waals surface area (Å²) in [6, 6.07) is 21.9. The van der Waals surface area contributed by atoms with Gasteiger partial charge < -0.3 is 10.1 Å². The van der Waals surface area contributed by atoms with Gasteiger partial charge in [0, 0.05) is 12.1 Å². The lowest BCUT2D eigenvalue weighted by atomic mass is 10.1. The summed E-state index contributed by atoms with van der Waals surface area (Å²) in [6.45, 7) is 0. The molecular weight excluding hydrogens is 477 g/mol. The van der Waals surface area contributed by atoms with Gasteiger partial charge in [-0.2, -0.15) is 13.2 Å². The lowest BCUT2D eigenvalue weighted by Crippen LogP contribution is -2.18. The van der Waals surface area contributed by atoms with Crippen LogP contribution in [0.25, 0.3) is 5.69 Å². The topological polar surface area (TPSA) is 69.0 Å². The van der Waals surface area contributed by atoms with Crippen LogP contribution in [-0.4, -0.2) is 33.5 Å². The SMILES string of the molecule is COc1ccc(-n2c(Cc3ccccc3)nnc2SCC(=O)Nc2ccccc2C(F)(F)F)cc1. The molecule has 0 atom stereocenters. The third-order valence-corrected chi connectivity index (χ3v) is 6.00. The van der Waals surface area contributed by atoms with Crippen molar-refractivity contribution in [1.29, 1.82) is 0 Å². The lowest BCUT2D eigenvalue weighted by molar-refractivity contribution is -0.137. The molecule has 35 heavy (non-hydrogen) atoms. The number of alkyl halides is 3. The number of methoxy groups -OCH3 is 1. The minimum Gasteiger partial charge on any atom is -0.497 e. The Morgan fingerprint density at radius 2 is 1.66 bits per heavy atom. The highest BCUT2D eigenvalue weighted by molar-refractivity contribution is 7.99. The van der Waals surface area contributed by atoms with Crippen molar-refractivity contribution in [3.05, 3.63) is 95.8 Å². The molecule has 0 unspecified atom stereocenters. The highest BCUT2D eigenvalue weighted by atomic mass is 32.2. The molecular formula is C25H21F3N4O2S. The second-order valence-electron chi connectivity index (χ2n) is 7.47. The number of halogens is 3. The van der Waals surface area contributed by atoms with Crippen LogP contribution in [0.2, 0.25) is 0 Å². The fourth-order valence-corrected chi connectivity index (χ4v) is 4.20. The van der Waals surface area contributed by atoms with Crippen LogP contribution in [-0.2, 0) is 17.4 Å². The van der Waals surface area contributed by atoms with Gasteiger partial charge in [0.2, 0.25) is 5.91 Å². The quantitative estimate of drug-likeness (QED) is 0.320. The number of thioether (sulfide) groups is 1. The zero-order chi connectivity index (χ0) is 24.8. The average molecular weight is 499 g/mol. The Hall–Kier alpha value is -3.79. The molecule has 1 N–H and O–H groups in total. The Morgan fingerprint density at radius 3 is 2.34 bits per heavy atom. The van der Waals surface area contributed by atoms with Crippen molar-refractivity contribution < 1.29 is 22.7 Å². The molecule has 0 fully saturated rings. The summed E-state index contributed by atoms with van der Waals surface area (Å²) in [4.78, 5) is 12.5. The number of nitrogens with one attached hydrogen (secondary N) is 1. The molecule has 0 aliphatic rings. The minimum atomic E-state index is -4.57. The van der Waals surface area contributed by atoms with Gasteiger partial charge in [-0.15, -0.1) is 10.2 Å². The van der Waals surface area contributed by atoms with Gasteiger partial charge in [-0.1, -0.05) is 54.2 Å².